The Balaban J connectivity index is 0.000000878. The van der Waals surface area contributed by atoms with Crippen LogP contribution in [0, 0.1) is 0 Å². The smallest absolute Gasteiger partial charge is 0.872 e. The summed E-state index contributed by atoms with van der Waals surface area (Å²) >= 11 is 0. The normalized spacial score (nSPS) is 12.0. The zero-order valence-electron chi connectivity index (χ0n) is 29.1. The molecule has 0 aliphatic heterocycles. The molecule has 0 fully saturated rings. The van der Waals surface area contributed by atoms with Crippen LogP contribution in [0.5, 0.6) is 23.0 Å². The van der Waals surface area contributed by atoms with Crippen LogP contribution < -0.4 is 20.4 Å². The van der Waals surface area contributed by atoms with E-state index in [9.17, 15) is 20.4 Å². The number of hydrogen-bond donors (Lipinski definition) is 1. The van der Waals surface area contributed by atoms with Gasteiger partial charge >= 0.3 is 34.1 Å². The van der Waals surface area contributed by atoms with E-state index in [0.717, 1.165) is 25.7 Å². The second-order valence-corrected chi connectivity index (χ2v) is 10.8. The molecule has 0 spiro atoms. The van der Waals surface area contributed by atoms with Crippen molar-refractivity contribution in [2.45, 2.75) is 58.5 Å². The molecule has 0 aliphatic rings. The fourth-order valence-electron chi connectivity index (χ4n) is 4.26. The Morgan fingerprint density at radius 2 is 0.745 bits per heavy atom. The maximum atomic E-state index is 11.6. The molecular formula is C40H46Cu2N4O5. The maximum Gasteiger partial charge on any atom is 2.00 e. The molecule has 0 amide bonds. The zero-order chi connectivity index (χ0) is 35.7. The Morgan fingerprint density at radius 3 is 1.00 bits per heavy atom. The fourth-order valence-corrected chi connectivity index (χ4v) is 4.26. The summed E-state index contributed by atoms with van der Waals surface area (Å²) in [5.74, 6) is -0.0749. The van der Waals surface area contributed by atoms with Crippen molar-refractivity contribution in [2.24, 2.45) is 20.0 Å². The fraction of sp³-hybridized carbons (Fsp3) is 0.300. The van der Waals surface area contributed by atoms with Crippen LogP contribution in [0.4, 0.5) is 0 Å². The topological polar surface area (TPSA) is 162 Å². The van der Waals surface area contributed by atoms with Gasteiger partial charge in [0.1, 0.15) is 0 Å². The van der Waals surface area contributed by atoms with Gasteiger partial charge in [-0.2, -0.15) is 0 Å². The number of aliphatic hydroxyl groups is 1. The average Bonchev–Trinajstić information content (AvgIpc) is 3.11. The summed E-state index contributed by atoms with van der Waals surface area (Å²) in [6.45, 7) is 7.25. The molecule has 278 valence electrons. The Labute approximate surface area is 323 Å². The number of benzene rings is 4. The molecule has 4 aromatic rings. The van der Waals surface area contributed by atoms with Gasteiger partial charge in [-0.25, -0.2) is 0 Å². The molecule has 2 atom stereocenters. The predicted molar refractivity (Wildman–Crippen MR) is 194 cm³/mol. The van der Waals surface area contributed by atoms with E-state index in [2.05, 4.69) is 33.8 Å². The number of para-hydroxylation sites is 4. The van der Waals surface area contributed by atoms with Crippen molar-refractivity contribution in [2.75, 3.05) is 19.7 Å². The van der Waals surface area contributed by atoms with Crippen molar-refractivity contribution in [3.05, 3.63) is 119 Å². The first-order valence-electron chi connectivity index (χ1n) is 16.5. The van der Waals surface area contributed by atoms with Gasteiger partial charge in [0.05, 0.1) is 12.1 Å². The Morgan fingerprint density at radius 1 is 0.490 bits per heavy atom. The van der Waals surface area contributed by atoms with E-state index in [0.29, 0.717) is 35.3 Å². The van der Waals surface area contributed by atoms with Crippen LogP contribution >= 0.6 is 0 Å². The summed E-state index contributed by atoms with van der Waals surface area (Å²) in [4.78, 5) is 17.6. The number of hydrogen-bond acceptors (Lipinski definition) is 9. The minimum atomic E-state index is -0.0200. The number of nitrogens with zero attached hydrogens (tertiary/aromatic N) is 4. The van der Waals surface area contributed by atoms with Crippen molar-refractivity contribution >= 4 is 24.9 Å². The monoisotopic (exact) mass is 788 g/mol. The Bertz CT molecular complexity index is 1510. The molecule has 0 aliphatic carbocycles. The van der Waals surface area contributed by atoms with E-state index in [1.165, 1.54) is 24.3 Å². The van der Waals surface area contributed by atoms with E-state index in [1.54, 1.807) is 80.3 Å². The molecule has 0 saturated carbocycles. The predicted octanol–water partition coefficient (Wildman–Crippen LogP) is 5.07. The van der Waals surface area contributed by atoms with Gasteiger partial charge in [-0.1, -0.05) is 111 Å². The van der Waals surface area contributed by atoms with Gasteiger partial charge in [-0.3, -0.25) is 20.0 Å². The molecule has 0 aromatic heterocycles. The van der Waals surface area contributed by atoms with Gasteiger partial charge < -0.3 is 25.5 Å². The largest absolute Gasteiger partial charge is 2.00 e. The van der Waals surface area contributed by atoms with Crippen molar-refractivity contribution < 1.29 is 59.7 Å². The van der Waals surface area contributed by atoms with E-state index < -0.39 is 0 Å². The molecule has 0 heterocycles. The van der Waals surface area contributed by atoms with Gasteiger partial charge in [0.15, 0.2) is 0 Å². The molecule has 0 bridgehead atoms. The minimum absolute atomic E-state index is 0. The molecule has 0 unspecified atom stereocenters. The third-order valence-electron chi connectivity index (χ3n) is 7.11. The zero-order valence-corrected chi connectivity index (χ0v) is 31.0. The second-order valence-electron chi connectivity index (χ2n) is 10.8. The standard InChI is InChI=1S/2C19H22N2O2.C2H6O.2Cu/c2*1-2-17(21-14-16-8-4-6-10-19(16)23)11-12-20-13-15-7-3-5-9-18(15)22;1-2-3;;/h2*3-10,13-14,17,22-23H,2,11-12H2,1H3;3H,2H2,1H3;;/q;;;2*+2/p-4/t2*17-;;;/m10.../s1. The SMILES string of the molecule is CCO.CC[C@@H](CCN=Cc1ccccc1[O-])N=Cc1ccccc1[O-].CC[C@H](CCN=Cc1ccccc1[O-])N=Cc1ccccc1[O-].[Cu+2].[Cu+2]. The maximum absolute atomic E-state index is 11.6. The van der Waals surface area contributed by atoms with Crippen LogP contribution in [0.15, 0.2) is 117 Å². The van der Waals surface area contributed by atoms with E-state index in [-0.39, 0.29) is 75.8 Å². The molecule has 0 saturated heterocycles. The summed E-state index contributed by atoms with van der Waals surface area (Å²) < 4.78 is 0. The Hall–Kier alpha value is -4.24. The number of aliphatic hydroxyl groups excluding tert-OH is 1. The van der Waals surface area contributed by atoms with E-state index >= 15 is 0 Å². The molecule has 4 aromatic carbocycles. The first kappa shape index (κ1) is 46.8. The van der Waals surface area contributed by atoms with Crippen LogP contribution in [0.2, 0.25) is 0 Å². The van der Waals surface area contributed by atoms with Gasteiger partial charge in [0, 0.05) is 44.6 Å². The van der Waals surface area contributed by atoms with Gasteiger partial charge in [-0.15, -0.1) is 23.0 Å². The molecule has 2 radical (unpaired) electrons. The minimum Gasteiger partial charge on any atom is -0.872 e. The summed E-state index contributed by atoms with van der Waals surface area (Å²) in [5.41, 5.74) is 2.41. The van der Waals surface area contributed by atoms with Gasteiger partial charge in [0.25, 0.3) is 0 Å². The van der Waals surface area contributed by atoms with E-state index in [4.69, 9.17) is 5.11 Å². The van der Waals surface area contributed by atoms with Crippen LogP contribution in [0.1, 0.15) is 68.7 Å². The summed E-state index contributed by atoms with van der Waals surface area (Å²) in [5, 5.41) is 53.9. The first-order valence-corrected chi connectivity index (χ1v) is 16.5. The molecule has 4 rings (SSSR count). The van der Waals surface area contributed by atoms with Crippen LogP contribution in [-0.4, -0.2) is 61.7 Å². The molecular weight excluding hydrogens is 744 g/mol. The molecule has 11 heteroatoms. The third-order valence-corrected chi connectivity index (χ3v) is 7.11. The number of aliphatic imine (C=N–C) groups is 4. The van der Waals surface area contributed by atoms with Crippen LogP contribution in [0.25, 0.3) is 0 Å². The molecule has 9 nitrogen and oxygen atoms in total. The van der Waals surface area contributed by atoms with Crippen molar-refractivity contribution in [1.82, 2.24) is 0 Å². The van der Waals surface area contributed by atoms with Crippen molar-refractivity contribution in [3.8, 4) is 23.0 Å². The average molecular weight is 790 g/mol. The molecule has 51 heavy (non-hydrogen) atoms. The van der Waals surface area contributed by atoms with Crippen molar-refractivity contribution in [1.29, 1.82) is 0 Å². The summed E-state index contributed by atoms with van der Waals surface area (Å²) in [7, 11) is 0. The quantitative estimate of drug-likeness (QED) is 0.139. The Kier molecular flexibility index (Phi) is 26.1. The van der Waals surface area contributed by atoms with Crippen LogP contribution in [-0.2, 0) is 34.1 Å². The summed E-state index contributed by atoms with van der Waals surface area (Å²) in [6, 6.07) is 27.6. The van der Waals surface area contributed by atoms with Gasteiger partial charge in [0.2, 0.25) is 0 Å². The third kappa shape index (κ3) is 19.1. The first-order chi connectivity index (χ1) is 23.8. The van der Waals surface area contributed by atoms with Gasteiger partial charge in [-0.05, 0) is 54.9 Å². The van der Waals surface area contributed by atoms with Crippen LogP contribution in [0.3, 0.4) is 0 Å². The van der Waals surface area contributed by atoms with E-state index in [1.807, 2.05) is 24.3 Å². The summed E-state index contributed by atoms with van der Waals surface area (Å²) in [6.07, 6.45) is 9.85. The molecule has 1 N–H and O–H groups in total. The second kappa shape index (κ2) is 28.5. The number of rotatable bonds is 14. The van der Waals surface area contributed by atoms with Crippen molar-refractivity contribution in [3.63, 3.8) is 0 Å².